The van der Waals surface area contributed by atoms with Gasteiger partial charge in [0, 0.05) is 37.2 Å². The summed E-state index contributed by atoms with van der Waals surface area (Å²) in [6.45, 7) is 2.63. The van der Waals surface area contributed by atoms with Gasteiger partial charge in [0.2, 0.25) is 0 Å². The summed E-state index contributed by atoms with van der Waals surface area (Å²) in [5.74, 6) is 0.757. The molecule has 0 fully saturated rings. The molecule has 2 N–H and O–H groups in total. The van der Waals surface area contributed by atoms with E-state index in [9.17, 15) is 4.39 Å². The van der Waals surface area contributed by atoms with Gasteiger partial charge in [0.1, 0.15) is 5.82 Å². The number of aromatic nitrogens is 1. The molecule has 0 bridgehead atoms. The first kappa shape index (κ1) is 15.1. The highest BCUT2D eigenvalue weighted by Crippen LogP contribution is 2.19. The zero-order valence-electron chi connectivity index (χ0n) is 11.3. The van der Waals surface area contributed by atoms with Crippen LogP contribution in [0.5, 0.6) is 0 Å². The number of aliphatic imine (C=N–C) groups is 1. The molecule has 1 aromatic heterocycles. The molecule has 0 spiro atoms. The van der Waals surface area contributed by atoms with Gasteiger partial charge in [-0.3, -0.25) is 4.99 Å². The molecule has 0 saturated carbocycles. The molecule has 6 heteroatoms. The predicted octanol–water partition coefficient (Wildman–Crippen LogP) is 2.36. The molecule has 20 heavy (non-hydrogen) atoms. The number of nitrogens with one attached hydrogen (secondary N) is 2. The number of nitrogens with zero attached hydrogens (tertiary/aromatic N) is 2. The van der Waals surface area contributed by atoms with Crippen LogP contribution in [0, 0.1) is 5.82 Å². The Labute approximate surface area is 134 Å². The fourth-order valence-corrected chi connectivity index (χ4v) is 2.39. The number of aromatic amines is 1. The quantitative estimate of drug-likeness (QED) is 0.794. The van der Waals surface area contributed by atoms with Crippen molar-refractivity contribution >= 4 is 40.8 Å². The standard InChI is InChI=1S/C14H17FN4.HI/c1-19-7-6-17-14(19)16-5-4-10-9-18-13-3-2-11(15)8-12(10)13;/h2-3,8-9,18H,4-7H2,1H3,(H,16,17);1H. The maximum Gasteiger partial charge on any atom is 0.193 e. The number of fused-ring (bicyclic) bond motifs is 1. The molecule has 1 aliphatic heterocycles. The topological polar surface area (TPSA) is 43.4 Å². The SMILES string of the molecule is CN1CCN=C1NCCc1c[nH]c2ccc(F)cc12.I. The lowest BCUT2D eigenvalue weighted by atomic mass is 10.1. The first-order valence-corrected chi connectivity index (χ1v) is 6.49. The molecule has 2 heterocycles. The van der Waals surface area contributed by atoms with Crippen LogP contribution in [0.2, 0.25) is 0 Å². The van der Waals surface area contributed by atoms with Crippen molar-refractivity contribution in [2.45, 2.75) is 6.42 Å². The second kappa shape index (κ2) is 6.43. The number of benzene rings is 1. The minimum absolute atomic E-state index is 0. The maximum absolute atomic E-state index is 13.3. The normalized spacial score (nSPS) is 14.3. The van der Waals surface area contributed by atoms with E-state index in [4.69, 9.17) is 0 Å². The molecule has 0 amide bonds. The van der Waals surface area contributed by atoms with Crippen LogP contribution in [-0.2, 0) is 6.42 Å². The van der Waals surface area contributed by atoms with Crippen LogP contribution in [-0.4, -0.2) is 42.5 Å². The summed E-state index contributed by atoms with van der Waals surface area (Å²) in [4.78, 5) is 9.65. The Bertz CT molecular complexity index is 623. The highest BCUT2D eigenvalue weighted by Gasteiger charge is 2.11. The third kappa shape index (κ3) is 3.05. The lowest BCUT2D eigenvalue weighted by molar-refractivity contribution is 0.534. The Morgan fingerprint density at radius 2 is 2.30 bits per heavy atom. The van der Waals surface area contributed by atoms with Crippen LogP contribution < -0.4 is 5.32 Å². The summed E-state index contributed by atoms with van der Waals surface area (Å²) in [5.41, 5.74) is 2.11. The molecule has 108 valence electrons. The molecule has 2 aromatic rings. The molecule has 0 unspecified atom stereocenters. The van der Waals surface area contributed by atoms with Crippen molar-refractivity contribution in [3.63, 3.8) is 0 Å². The van der Waals surface area contributed by atoms with Crippen molar-refractivity contribution in [3.05, 3.63) is 35.8 Å². The summed E-state index contributed by atoms with van der Waals surface area (Å²) in [6, 6.07) is 4.83. The van der Waals surface area contributed by atoms with E-state index in [2.05, 4.69) is 20.2 Å². The zero-order valence-corrected chi connectivity index (χ0v) is 13.6. The van der Waals surface area contributed by atoms with Gasteiger partial charge in [0.15, 0.2) is 5.96 Å². The second-order valence-corrected chi connectivity index (χ2v) is 4.81. The van der Waals surface area contributed by atoms with Gasteiger partial charge in [-0.2, -0.15) is 0 Å². The van der Waals surface area contributed by atoms with Crippen molar-refractivity contribution in [2.75, 3.05) is 26.7 Å². The third-order valence-corrected chi connectivity index (χ3v) is 3.47. The Morgan fingerprint density at radius 3 is 3.05 bits per heavy atom. The van der Waals surface area contributed by atoms with E-state index in [-0.39, 0.29) is 29.8 Å². The number of H-pyrrole nitrogens is 1. The smallest absolute Gasteiger partial charge is 0.193 e. The highest BCUT2D eigenvalue weighted by molar-refractivity contribution is 14.0. The Morgan fingerprint density at radius 1 is 1.45 bits per heavy atom. The lowest BCUT2D eigenvalue weighted by Gasteiger charge is -2.14. The van der Waals surface area contributed by atoms with Crippen molar-refractivity contribution in [1.82, 2.24) is 15.2 Å². The summed E-state index contributed by atoms with van der Waals surface area (Å²) < 4.78 is 13.3. The van der Waals surface area contributed by atoms with Gasteiger partial charge in [-0.25, -0.2) is 4.39 Å². The first-order chi connectivity index (χ1) is 9.24. The molecular weight excluding hydrogens is 370 g/mol. The van der Waals surface area contributed by atoms with Gasteiger partial charge in [-0.1, -0.05) is 0 Å². The van der Waals surface area contributed by atoms with Crippen LogP contribution in [0.1, 0.15) is 5.56 Å². The van der Waals surface area contributed by atoms with E-state index in [0.717, 1.165) is 48.5 Å². The molecule has 1 aromatic carbocycles. The van der Waals surface area contributed by atoms with E-state index in [1.54, 1.807) is 12.1 Å². The minimum Gasteiger partial charge on any atom is -0.361 e. The summed E-state index contributed by atoms with van der Waals surface area (Å²) in [5, 5.41) is 4.28. The first-order valence-electron chi connectivity index (χ1n) is 6.49. The van der Waals surface area contributed by atoms with Gasteiger partial charge < -0.3 is 15.2 Å². The van der Waals surface area contributed by atoms with Crippen LogP contribution in [0.3, 0.4) is 0 Å². The highest BCUT2D eigenvalue weighted by atomic mass is 127. The number of guanidine groups is 1. The van der Waals surface area contributed by atoms with Gasteiger partial charge in [-0.05, 0) is 30.2 Å². The Balaban J connectivity index is 0.00000147. The molecule has 0 saturated heterocycles. The van der Waals surface area contributed by atoms with Gasteiger partial charge in [-0.15, -0.1) is 24.0 Å². The third-order valence-electron chi connectivity index (χ3n) is 3.47. The Hall–Kier alpha value is -1.31. The molecule has 1 aliphatic rings. The molecule has 4 nitrogen and oxygen atoms in total. The van der Waals surface area contributed by atoms with E-state index in [0.29, 0.717) is 0 Å². The number of likely N-dealkylation sites (N-methyl/N-ethyl adjacent to an activating group) is 1. The van der Waals surface area contributed by atoms with Crippen LogP contribution in [0.15, 0.2) is 29.4 Å². The minimum atomic E-state index is -0.193. The van der Waals surface area contributed by atoms with Crippen molar-refractivity contribution in [2.24, 2.45) is 4.99 Å². The molecule has 3 rings (SSSR count). The number of hydrogen-bond acceptors (Lipinski definition) is 3. The van der Waals surface area contributed by atoms with Crippen LogP contribution in [0.4, 0.5) is 4.39 Å². The van der Waals surface area contributed by atoms with E-state index in [1.807, 2.05) is 13.2 Å². The summed E-state index contributed by atoms with van der Waals surface area (Å²) in [6.07, 6.45) is 2.79. The van der Waals surface area contributed by atoms with E-state index < -0.39 is 0 Å². The average molecular weight is 388 g/mol. The van der Waals surface area contributed by atoms with Crippen LogP contribution in [0.25, 0.3) is 10.9 Å². The number of halogens is 2. The molecule has 0 atom stereocenters. The average Bonchev–Trinajstić information content (AvgIpc) is 2.97. The van der Waals surface area contributed by atoms with E-state index in [1.165, 1.54) is 6.07 Å². The predicted molar refractivity (Wildman–Crippen MR) is 90.3 cm³/mol. The monoisotopic (exact) mass is 388 g/mol. The van der Waals surface area contributed by atoms with Crippen LogP contribution >= 0.6 is 24.0 Å². The van der Waals surface area contributed by atoms with Gasteiger partial charge >= 0.3 is 0 Å². The fourth-order valence-electron chi connectivity index (χ4n) is 2.39. The molecular formula is C14H18FIN4. The number of hydrogen-bond donors (Lipinski definition) is 2. The van der Waals surface area contributed by atoms with Crippen molar-refractivity contribution in [1.29, 1.82) is 0 Å². The summed E-state index contributed by atoms with van der Waals surface area (Å²) >= 11 is 0. The second-order valence-electron chi connectivity index (χ2n) is 4.81. The fraction of sp³-hybridized carbons (Fsp3) is 0.357. The molecule has 0 radical (unpaired) electrons. The van der Waals surface area contributed by atoms with E-state index >= 15 is 0 Å². The summed E-state index contributed by atoms with van der Waals surface area (Å²) in [7, 11) is 2.03. The van der Waals surface area contributed by atoms with Gasteiger partial charge in [0.25, 0.3) is 0 Å². The number of rotatable bonds is 3. The van der Waals surface area contributed by atoms with Crippen molar-refractivity contribution < 1.29 is 4.39 Å². The molecule has 0 aliphatic carbocycles. The van der Waals surface area contributed by atoms with Gasteiger partial charge in [0.05, 0.1) is 6.54 Å². The maximum atomic E-state index is 13.3. The lowest BCUT2D eigenvalue weighted by Crippen LogP contribution is -2.36. The van der Waals surface area contributed by atoms with Crippen molar-refractivity contribution in [3.8, 4) is 0 Å². The Kier molecular flexibility index (Phi) is 4.85. The largest absolute Gasteiger partial charge is 0.361 e. The zero-order chi connectivity index (χ0) is 13.2.